The van der Waals surface area contributed by atoms with E-state index in [4.69, 9.17) is 0 Å². The van der Waals surface area contributed by atoms with Crippen molar-refractivity contribution in [2.45, 2.75) is 38.6 Å². The van der Waals surface area contributed by atoms with Crippen molar-refractivity contribution in [2.24, 2.45) is 5.92 Å². The number of aryl methyl sites for hydroxylation is 1. The Morgan fingerprint density at radius 2 is 1.79 bits per heavy atom. The Kier molecular flexibility index (Phi) is 4.20. The lowest BCUT2D eigenvalue weighted by Gasteiger charge is -2.17. The van der Waals surface area contributed by atoms with Crippen molar-refractivity contribution in [3.05, 3.63) is 35.4 Å². The van der Waals surface area contributed by atoms with Gasteiger partial charge in [-0.15, -0.1) is 0 Å². The summed E-state index contributed by atoms with van der Waals surface area (Å²) in [6.45, 7) is 1.94. The standard InChI is InChI=1S/C15H19NO3/c1-10-6-8-11(9-7-10)13(15(18)19)16-14(17)12-4-2-3-5-12/h6-9,12-13H,2-5H2,1H3,(H,16,17)(H,18,19). The van der Waals surface area contributed by atoms with Crippen LogP contribution in [-0.2, 0) is 9.59 Å². The van der Waals surface area contributed by atoms with Crippen molar-refractivity contribution in [1.82, 2.24) is 5.32 Å². The predicted molar refractivity (Wildman–Crippen MR) is 71.7 cm³/mol. The number of amides is 1. The van der Waals surface area contributed by atoms with Gasteiger partial charge in [0.1, 0.15) is 0 Å². The van der Waals surface area contributed by atoms with Crippen LogP contribution >= 0.6 is 0 Å². The fourth-order valence-electron chi connectivity index (χ4n) is 2.49. The lowest BCUT2D eigenvalue weighted by Crippen LogP contribution is -2.37. The number of aliphatic carboxylic acids is 1. The zero-order chi connectivity index (χ0) is 13.8. The number of hydrogen-bond acceptors (Lipinski definition) is 2. The van der Waals surface area contributed by atoms with E-state index in [1.165, 1.54) is 0 Å². The Hall–Kier alpha value is -1.84. The summed E-state index contributed by atoms with van der Waals surface area (Å²) in [5, 5.41) is 11.9. The molecule has 0 spiro atoms. The summed E-state index contributed by atoms with van der Waals surface area (Å²) in [5.74, 6) is -1.17. The van der Waals surface area contributed by atoms with E-state index in [0.29, 0.717) is 5.56 Å². The third-order valence-electron chi connectivity index (χ3n) is 3.67. The van der Waals surface area contributed by atoms with Gasteiger partial charge in [0.15, 0.2) is 6.04 Å². The number of rotatable bonds is 4. The maximum Gasteiger partial charge on any atom is 0.330 e. The number of carbonyl (C=O) groups excluding carboxylic acids is 1. The highest BCUT2D eigenvalue weighted by Gasteiger charge is 2.28. The van der Waals surface area contributed by atoms with Gasteiger partial charge in [0.2, 0.25) is 5.91 Å². The molecular weight excluding hydrogens is 242 g/mol. The highest BCUT2D eigenvalue weighted by atomic mass is 16.4. The number of nitrogens with one attached hydrogen (secondary N) is 1. The van der Waals surface area contributed by atoms with Gasteiger partial charge in [0.05, 0.1) is 0 Å². The zero-order valence-electron chi connectivity index (χ0n) is 11.1. The van der Waals surface area contributed by atoms with Crippen LogP contribution in [0.15, 0.2) is 24.3 Å². The second-order valence-electron chi connectivity index (χ2n) is 5.17. The molecule has 1 amide bonds. The van der Waals surface area contributed by atoms with Gasteiger partial charge in [0, 0.05) is 5.92 Å². The number of carboxylic acids is 1. The van der Waals surface area contributed by atoms with Crippen molar-refractivity contribution in [3.8, 4) is 0 Å². The molecule has 0 aliphatic heterocycles. The summed E-state index contributed by atoms with van der Waals surface area (Å²) >= 11 is 0. The molecule has 0 radical (unpaired) electrons. The zero-order valence-corrected chi connectivity index (χ0v) is 11.1. The first-order valence-electron chi connectivity index (χ1n) is 6.67. The topological polar surface area (TPSA) is 66.4 Å². The lowest BCUT2D eigenvalue weighted by molar-refractivity contribution is -0.142. The van der Waals surface area contributed by atoms with E-state index in [1.807, 2.05) is 19.1 Å². The van der Waals surface area contributed by atoms with E-state index in [2.05, 4.69) is 5.32 Å². The van der Waals surface area contributed by atoms with Crippen LogP contribution in [0.25, 0.3) is 0 Å². The average molecular weight is 261 g/mol. The van der Waals surface area contributed by atoms with Crippen LogP contribution in [-0.4, -0.2) is 17.0 Å². The molecule has 1 atom stereocenters. The summed E-state index contributed by atoms with van der Waals surface area (Å²) in [6, 6.07) is 6.26. The highest BCUT2D eigenvalue weighted by molar-refractivity contribution is 5.86. The fourth-order valence-corrected chi connectivity index (χ4v) is 2.49. The third kappa shape index (κ3) is 3.34. The summed E-state index contributed by atoms with van der Waals surface area (Å²) in [5.41, 5.74) is 1.68. The second-order valence-corrected chi connectivity index (χ2v) is 5.17. The molecule has 4 heteroatoms. The van der Waals surface area contributed by atoms with Gasteiger partial charge in [-0.05, 0) is 25.3 Å². The largest absolute Gasteiger partial charge is 0.479 e. The summed E-state index contributed by atoms with van der Waals surface area (Å²) in [6.07, 6.45) is 3.85. The van der Waals surface area contributed by atoms with Gasteiger partial charge in [-0.2, -0.15) is 0 Å². The smallest absolute Gasteiger partial charge is 0.330 e. The maximum atomic E-state index is 12.0. The highest BCUT2D eigenvalue weighted by Crippen LogP contribution is 2.26. The van der Waals surface area contributed by atoms with Gasteiger partial charge in [-0.1, -0.05) is 42.7 Å². The van der Waals surface area contributed by atoms with Crippen LogP contribution in [0.1, 0.15) is 42.9 Å². The first-order valence-corrected chi connectivity index (χ1v) is 6.67. The van der Waals surface area contributed by atoms with Crippen LogP contribution in [0, 0.1) is 12.8 Å². The van der Waals surface area contributed by atoms with E-state index in [-0.39, 0.29) is 11.8 Å². The van der Waals surface area contributed by atoms with Gasteiger partial charge in [-0.25, -0.2) is 4.79 Å². The van der Waals surface area contributed by atoms with Crippen LogP contribution < -0.4 is 5.32 Å². The molecule has 1 aromatic carbocycles. The molecule has 4 nitrogen and oxygen atoms in total. The monoisotopic (exact) mass is 261 g/mol. The fraction of sp³-hybridized carbons (Fsp3) is 0.467. The molecule has 0 aromatic heterocycles. The molecular formula is C15H19NO3. The molecule has 1 aliphatic carbocycles. The number of hydrogen-bond donors (Lipinski definition) is 2. The molecule has 1 unspecified atom stereocenters. The molecule has 0 saturated heterocycles. The lowest BCUT2D eigenvalue weighted by atomic mass is 10.0. The predicted octanol–water partition coefficient (Wildman–Crippen LogP) is 2.43. The van der Waals surface area contributed by atoms with Crippen molar-refractivity contribution in [3.63, 3.8) is 0 Å². The quantitative estimate of drug-likeness (QED) is 0.874. The van der Waals surface area contributed by atoms with Crippen LogP contribution in [0.5, 0.6) is 0 Å². The number of benzene rings is 1. The van der Waals surface area contributed by atoms with E-state index in [9.17, 15) is 14.7 Å². The van der Waals surface area contributed by atoms with Crippen molar-refractivity contribution >= 4 is 11.9 Å². The SMILES string of the molecule is Cc1ccc(C(NC(=O)C2CCCC2)C(=O)O)cc1. The minimum atomic E-state index is -1.02. The van der Waals surface area contributed by atoms with Crippen LogP contribution in [0.2, 0.25) is 0 Å². The normalized spacial score (nSPS) is 17.1. The molecule has 1 aliphatic rings. The number of carbonyl (C=O) groups is 2. The molecule has 0 bridgehead atoms. The Bertz CT molecular complexity index is 461. The van der Waals surface area contributed by atoms with Gasteiger partial charge in [0.25, 0.3) is 0 Å². The van der Waals surface area contributed by atoms with Crippen LogP contribution in [0.3, 0.4) is 0 Å². The maximum absolute atomic E-state index is 12.0. The Labute approximate surface area is 112 Å². The Morgan fingerprint density at radius 1 is 1.21 bits per heavy atom. The summed E-state index contributed by atoms with van der Waals surface area (Å²) in [4.78, 5) is 23.3. The molecule has 19 heavy (non-hydrogen) atoms. The first kappa shape index (κ1) is 13.6. The molecule has 0 heterocycles. The van der Waals surface area contributed by atoms with Crippen LogP contribution in [0.4, 0.5) is 0 Å². The van der Waals surface area contributed by atoms with E-state index < -0.39 is 12.0 Å². The number of carboxylic acid groups (broad SMARTS) is 1. The molecule has 102 valence electrons. The first-order chi connectivity index (χ1) is 9.08. The molecule has 2 rings (SSSR count). The minimum absolute atomic E-state index is 0.0210. The van der Waals surface area contributed by atoms with E-state index in [0.717, 1.165) is 31.2 Å². The third-order valence-corrected chi connectivity index (χ3v) is 3.67. The van der Waals surface area contributed by atoms with Crippen molar-refractivity contribution in [1.29, 1.82) is 0 Å². The van der Waals surface area contributed by atoms with E-state index >= 15 is 0 Å². The molecule has 1 fully saturated rings. The Morgan fingerprint density at radius 3 is 2.32 bits per heavy atom. The molecule has 2 N–H and O–H groups in total. The van der Waals surface area contributed by atoms with Gasteiger partial charge in [-0.3, -0.25) is 4.79 Å². The van der Waals surface area contributed by atoms with Gasteiger partial charge >= 0.3 is 5.97 Å². The Balaban J connectivity index is 2.09. The summed E-state index contributed by atoms with van der Waals surface area (Å²) in [7, 11) is 0. The second kappa shape index (κ2) is 5.87. The van der Waals surface area contributed by atoms with Crippen molar-refractivity contribution in [2.75, 3.05) is 0 Å². The average Bonchev–Trinajstić information content (AvgIpc) is 2.90. The molecule has 1 saturated carbocycles. The summed E-state index contributed by atoms with van der Waals surface area (Å²) < 4.78 is 0. The van der Waals surface area contributed by atoms with E-state index in [1.54, 1.807) is 12.1 Å². The van der Waals surface area contributed by atoms with Crippen molar-refractivity contribution < 1.29 is 14.7 Å². The molecule has 1 aromatic rings. The minimum Gasteiger partial charge on any atom is -0.479 e. The van der Waals surface area contributed by atoms with Gasteiger partial charge < -0.3 is 10.4 Å².